The number of hydrogen-bond acceptors (Lipinski definition) is 3. The van der Waals surface area contributed by atoms with Gasteiger partial charge in [0.1, 0.15) is 0 Å². The fraction of sp³-hybridized carbons (Fsp3) is 0.0952. The summed E-state index contributed by atoms with van der Waals surface area (Å²) >= 11 is 3.32. The van der Waals surface area contributed by atoms with Crippen molar-refractivity contribution in [3.63, 3.8) is 0 Å². The lowest BCUT2D eigenvalue weighted by atomic mass is 10.1. The van der Waals surface area contributed by atoms with Gasteiger partial charge in [0.15, 0.2) is 0 Å². The average molecular weight is 406 g/mol. The fourth-order valence-corrected chi connectivity index (χ4v) is 2.51. The summed E-state index contributed by atoms with van der Waals surface area (Å²) in [5.74, 6) is 0. The lowest BCUT2D eigenvalue weighted by Crippen LogP contribution is -2.18. The van der Waals surface area contributed by atoms with E-state index in [9.17, 15) is 4.79 Å². The topological polar surface area (TPSA) is 69.6 Å². The van der Waals surface area contributed by atoms with Crippen molar-refractivity contribution in [1.29, 1.82) is 10.5 Å². The Hall–Kier alpha value is -3.15. The summed E-state index contributed by atoms with van der Waals surface area (Å²) in [6, 6.07) is 23.9. The molecule has 26 heavy (non-hydrogen) atoms. The van der Waals surface area contributed by atoms with E-state index in [-0.39, 0.29) is 5.56 Å². The molecule has 0 radical (unpaired) electrons. The number of aromatic nitrogens is 1. The smallest absolute Gasteiger partial charge is 0.250 e. The molecule has 3 aromatic rings. The first-order chi connectivity index (χ1) is 12.7. The zero-order valence-electron chi connectivity index (χ0n) is 14.0. The zero-order chi connectivity index (χ0) is 18.8. The first kappa shape index (κ1) is 19.2. The lowest BCUT2D eigenvalue weighted by molar-refractivity contribution is 0.759. The number of alkyl halides is 1. The Labute approximate surface area is 160 Å². The van der Waals surface area contributed by atoms with Crippen LogP contribution in [0.25, 0.3) is 0 Å². The van der Waals surface area contributed by atoms with E-state index in [1.807, 2.05) is 42.5 Å². The third-order valence-corrected chi connectivity index (χ3v) is 4.22. The van der Waals surface area contributed by atoms with E-state index < -0.39 is 0 Å². The summed E-state index contributed by atoms with van der Waals surface area (Å²) < 4.78 is 1.63. The maximum Gasteiger partial charge on any atom is 0.250 e. The van der Waals surface area contributed by atoms with Crippen molar-refractivity contribution in [2.75, 3.05) is 0 Å². The van der Waals surface area contributed by atoms with Crippen LogP contribution in [-0.4, -0.2) is 4.57 Å². The van der Waals surface area contributed by atoms with Crippen LogP contribution in [0.5, 0.6) is 0 Å². The van der Waals surface area contributed by atoms with Crippen LogP contribution >= 0.6 is 15.9 Å². The zero-order valence-corrected chi connectivity index (χ0v) is 15.6. The summed E-state index contributed by atoms with van der Waals surface area (Å²) in [4.78, 5) is 11.5. The van der Waals surface area contributed by atoms with E-state index in [4.69, 9.17) is 10.5 Å². The van der Waals surface area contributed by atoms with Crippen molar-refractivity contribution in [3.05, 3.63) is 106 Å². The third-order valence-electron chi connectivity index (χ3n) is 3.57. The number of pyridine rings is 1. The van der Waals surface area contributed by atoms with Crippen molar-refractivity contribution in [1.82, 2.24) is 4.57 Å². The van der Waals surface area contributed by atoms with Gasteiger partial charge in [-0.3, -0.25) is 4.79 Å². The van der Waals surface area contributed by atoms with Crippen LogP contribution in [0.2, 0.25) is 0 Å². The Balaban J connectivity index is 0.000000209. The monoisotopic (exact) mass is 405 g/mol. The standard InChI is InChI=1S/C13H10N2O.C8H6BrN/c14-9-11-4-6-12(7-5-11)10-15-8-2-1-3-13(15)16;9-5-7-1-3-8(6-10)4-2-7/h1-8H,10H2;1-4H,5H2. The van der Waals surface area contributed by atoms with Crippen molar-refractivity contribution < 1.29 is 0 Å². The number of benzene rings is 2. The van der Waals surface area contributed by atoms with Gasteiger partial charge < -0.3 is 4.57 Å². The minimum absolute atomic E-state index is 0.0214. The van der Waals surface area contributed by atoms with Crippen molar-refractivity contribution in [3.8, 4) is 12.1 Å². The number of nitriles is 2. The Morgan fingerprint density at radius 3 is 1.81 bits per heavy atom. The predicted octanol–water partition coefficient (Wildman–Crippen LogP) is 4.22. The quantitative estimate of drug-likeness (QED) is 0.612. The fourth-order valence-electron chi connectivity index (χ4n) is 2.14. The number of halogens is 1. The summed E-state index contributed by atoms with van der Waals surface area (Å²) in [6.07, 6.45) is 1.75. The van der Waals surface area contributed by atoms with Gasteiger partial charge in [0.25, 0.3) is 5.56 Å². The number of nitrogens with zero attached hydrogens (tertiary/aromatic N) is 3. The Bertz CT molecular complexity index is 978. The van der Waals surface area contributed by atoms with E-state index >= 15 is 0 Å². The van der Waals surface area contributed by atoms with Gasteiger partial charge in [-0.2, -0.15) is 10.5 Å². The molecule has 0 spiro atoms. The van der Waals surface area contributed by atoms with Crippen LogP contribution in [0.1, 0.15) is 22.3 Å². The molecule has 1 heterocycles. The molecule has 3 rings (SSSR count). The number of hydrogen-bond donors (Lipinski definition) is 0. The molecule has 0 N–H and O–H groups in total. The molecular weight excluding hydrogens is 390 g/mol. The first-order valence-electron chi connectivity index (χ1n) is 7.86. The largest absolute Gasteiger partial charge is 0.311 e. The molecule has 5 heteroatoms. The molecule has 128 valence electrons. The van der Waals surface area contributed by atoms with Crippen LogP contribution in [0, 0.1) is 22.7 Å². The van der Waals surface area contributed by atoms with E-state index in [0.29, 0.717) is 17.7 Å². The highest BCUT2D eigenvalue weighted by molar-refractivity contribution is 9.08. The summed E-state index contributed by atoms with van der Waals surface area (Å²) in [5, 5.41) is 17.9. The maximum atomic E-state index is 11.5. The van der Waals surface area contributed by atoms with Crippen LogP contribution < -0.4 is 5.56 Å². The van der Waals surface area contributed by atoms with Gasteiger partial charge in [0.2, 0.25) is 0 Å². The van der Waals surface area contributed by atoms with Crippen LogP contribution in [0.3, 0.4) is 0 Å². The van der Waals surface area contributed by atoms with Gasteiger partial charge in [0, 0.05) is 17.6 Å². The SMILES string of the molecule is N#Cc1ccc(CBr)cc1.N#Cc1ccc(Cn2ccccc2=O)cc1. The van der Waals surface area contributed by atoms with Gasteiger partial charge in [-0.15, -0.1) is 0 Å². The molecule has 0 fully saturated rings. The van der Waals surface area contributed by atoms with Crippen molar-refractivity contribution in [2.45, 2.75) is 11.9 Å². The molecule has 0 saturated heterocycles. The van der Waals surface area contributed by atoms with E-state index in [1.165, 1.54) is 11.6 Å². The van der Waals surface area contributed by atoms with Crippen molar-refractivity contribution in [2.24, 2.45) is 0 Å². The van der Waals surface area contributed by atoms with Gasteiger partial charge in [-0.05, 0) is 41.5 Å². The Morgan fingerprint density at radius 2 is 1.35 bits per heavy atom. The van der Waals surface area contributed by atoms with Crippen LogP contribution in [0.4, 0.5) is 0 Å². The normalized spacial score (nSPS) is 9.35. The minimum atomic E-state index is -0.0214. The molecule has 0 unspecified atom stereocenters. The number of rotatable bonds is 3. The Morgan fingerprint density at radius 1 is 0.808 bits per heavy atom. The minimum Gasteiger partial charge on any atom is -0.311 e. The molecule has 2 aromatic carbocycles. The predicted molar refractivity (Wildman–Crippen MR) is 105 cm³/mol. The summed E-state index contributed by atoms with van der Waals surface area (Å²) in [7, 11) is 0. The second kappa shape index (κ2) is 9.98. The molecule has 0 aliphatic carbocycles. The molecular formula is C21H16BrN3O. The molecule has 0 aliphatic heterocycles. The summed E-state index contributed by atoms with van der Waals surface area (Å²) in [5.41, 5.74) is 3.52. The van der Waals surface area contributed by atoms with Gasteiger partial charge in [0.05, 0.1) is 29.8 Å². The highest BCUT2D eigenvalue weighted by atomic mass is 79.9. The van der Waals surface area contributed by atoms with Crippen LogP contribution in [-0.2, 0) is 11.9 Å². The third kappa shape index (κ3) is 5.73. The molecule has 0 saturated carbocycles. The first-order valence-corrected chi connectivity index (χ1v) is 8.98. The van der Waals surface area contributed by atoms with Gasteiger partial charge >= 0.3 is 0 Å². The highest BCUT2D eigenvalue weighted by Crippen LogP contribution is 2.06. The molecule has 4 nitrogen and oxygen atoms in total. The van der Waals surface area contributed by atoms with Crippen molar-refractivity contribution >= 4 is 15.9 Å². The molecule has 1 aromatic heterocycles. The lowest BCUT2D eigenvalue weighted by Gasteiger charge is -2.04. The molecule has 0 bridgehead atoms. The molecule has 0 aliphatic rings. The highest BCUT2D eigenvalue weighted by Gasteiger charge is 1.97. The summed E-state index contributed by atoms with van der Waals surface area (Å²) in [6.45, 7) is 0.533. The van der Waals surface area contributed by atoms with Gasteiger partial charge in [-0.25, -0.2) is 0 Å². The average Bonchev–Trinajstić information content (AvgIpc) is 2.71. The van der Waals surface area contributed by atoms with E-state index in [0.717, 1.165) is 10.9 Å². The Kier molecular flexibility index (Phi) is 7.36. The maximum absolute atomic E-state index is 11.5. The molecule has 0 amide bonds. The molecule has 0 atom stereocenters. The van der Waals surface area contributed by atoms with E-state index in [1.54, 1.807) is 29.0 Å². The van der Waals surface area contributed by atoms with E-state index in [2.05, 4.69) is 28.1 Å². The second-order valence-corrected chi connectivity index (χ2v) is 5.98. The second-order valence-electron chi connectivity index (χ2n) is 5.42. The van der Waals surface area contributed by atoms with Crippen LogP contribution in [0.15, 0.2) is 77.7 Å². The van der Waals surface area contributed by atoms with Gasteiger partial charge in [-0.1, -0.05) is 46.3 Å².